The van der Waals surface area contributed by atoms with Gasteiger partial charge in [-0.3, -0.25) is 0 Å². The second kappa shape index (κ2) is 7.41. The zero-order valence-corrected chi connectivity index (χ0v) is 14.2. The SMILES string of the molecule is CCCNc1cc(CC)nc(-c2cc(Br)ccc2OC)n1. The molecule has 0 bridgehead atoms. The summed E-state index contributed by atoms with van der Waals surface area (Å²) in [6.07, 6.45) is 1.92. The second-order valence-electron chi connectivity index (χ2n) is 4.69. The lowest BCUT2D eigenvalue weighted by molar-refractivity contribution is 0.416. The van der Waals surface area contributed by atoms with Crippen molar-refractivity contribution in [2.75, 3.05) is 19.0 Å². The molecule has 0 radical (unpaired) electrons. The van der Waals surface area contributed by atoms with E-state index in [1.807, 2.05) is 24.3 Å². The third kappa shape index (κ3) is 3.94. The van der Waals surface area contributed by atoms with Crippen LogP contribution in [-0.2, 0) is 6.42 Å². The summed E-state index contributed by atoms with van der Waals surface area (Å²) < 4.78 is 6.41. The highest BCUT2D eigenvalue weighted by molar-refractivity contribution is 9.10. The molecule has 5 heteroatoms. The van der Waals surface area contributed by atoms with Crippen LogP contribution in [0.1, 0.15) is 26.0 Å². The average molecular weight is 350 g/mol. The van der Waals surface area contributed by atoms with Crippen LogP contribution < -0.4 is 10.1 Å². The summed E-state index contributed by atoms with van der Waals surface area (Å²) in [5, 5.41) is 3.33. The summed E-state index contributed by atoms with van der Waals surface area (Å²) in [4.78, 5) is 9.24. The van der Waals surface area contributed by atoms with Crippen molar-refractivity contribution in [3.63, 3.8) is 0 Å². The highest BCUT2D eigenvalue weighted by Crippen LogP contribution is 2.31. The molecule has 2 rings (SSSR count). The first-order valence-electron chi connectivity index (χ1n) is 7.13. The monoisotopic (exact) mass is 349 g/mol. The van der Waals surface area contributed by atoms with Gasteiger partial charge in [-0.25, -0.2) is 9.97 Å². The first-order chi connectivity index (χ1) is 10.2. The number of halogens is 1. The van der Waals surface area contributed by atoms with Crippen molar-refractivity contribution in [3.8, 4) is 17.1 Å². The zero-order valence-electron chi connectivity index (χ0n) is 12.6. The van der Waals surface area contributed by atoms with Crippen LogP contribution in [0.25, 0.3) is 11.4 Å². The Morgan fingerprint density at radius 2 is 2.00 bits per heavy atom. The summed E-state index contributed by atoms with van der Waals surface area (Å²) in [5.74, 6) is 2.32. The van der Waals surface area contributed by atoms with Gasteiger partial charge in [0.1, 0.15) is 11.6 Å². The number of benzene rings is 1. The van der Waals surface area contributed by atoms with Crippen molar-refractivity contribution in [2.45, 2.75) is 26.7 Å². The molecule has 0 spiro atoms. The van der Waals surface area contributed by atoms with Crippen LogP contribution >= 0.6 is 15.9 Å². The van der Waals surface area contributed by atoms with Gasteiger partial charge in [0.25, 0.3) is 0 Å². The summed E-state index contributed by atoms with van der Waals surface area (Å²) >= 11 is 3.49. The minimum atomic E-state index is 0.686. The van der Waals surface area contributed by atoms with Crippen LogP contribution in [0.4, 0.5) is 5.82 Å². The summed E-state index contributed by atoms with van der Waals surface area (Å²) in [6.45, 7) is 5.12. The van der Waals surface area contributed by atoms with Gasteiger partial charge in [-0.1, -0.05) is 29.8 Å². The Kier molecular flexibility index (Phi) is 5.56. The molecule has 0 atom stereocenters. The number of nitrogens with one attached hydrogen (secondary N) is 1. The van der Waals surface area contributed by atoms with Gasteiger partial charge in [0.2, 0.25) is 0 Å². The highest BCUT2D eigenvalue weighted by Gasteiger charge is 2.12. The number of hydrogen-bond donors (Lipinski definition) is 1. The predicted molar refractivity (Wildman–Crippen MR) is 89.9 cm³/mol. The molecule has 21 heavy (non-hydrogen) atoms. The van der Waals surface area contributed by atoms with Crippen LogP contribution in [-0.4, -0.2) is 23.6 Å². The first-order valence-corrected chi connectivity index (χ1v) is 7.93. The van der Waals surface area contributed by atoms with Crippen molar-refractivity contribution in [1.29, 1.82) is 0 Å². The highest BCUT2D eigenvalue weighted by atomic mass is 79.9. The second-order valence-corrected chi connectivity index (χ2v) is 5.61. The van der Waals surface area contributed by atoms with Crippen molar-refractivity contribution in [3.05, 3.63) is 34.4 Å². The third-order valence-corrected chi connectivity index (χ3v) is 3.59. The van der Waals surface area contributed by atoms with Crippen molar-refractivity contribution >= 4 is 21.7 Å². The van der Waals surface area contributed by atoms with E-state index < -0.39 is 0 Å². The summed E-state index contributed by atoms with van der Waals surface area (Å²) in [7, 11) is 1.66. The van der Waals surface area contributed by atoms with Gasteiger partial charge in [-0.2, -0.15) is 0 Å². The van der Waals surface area contributed by atoms with Crippen LogP contribution in [0, 0.1) is 0 Å². The van der Waals surface area contributed by atoms with Gasteiger partial charge < -0.3 is 10.1 Å². The Balaban J connectivity index is 2.49. The smallest absolute Gasteiger partial charge is 0.165 e. The van der Waals surface area contributed by atoms with Gasteiger partial charge >= 0.3 is 0 Å². The molecule has 2 aromatic rings. The van der Waals surface area contributed by atoms with E-state index in [1.54, 1.807) is 7.11 Å². The molecule has 0 saturated carbocycles. The summed E-state index contributed by atoms with van der Waals surface area (Å²) in [6, 6.07) is 7.85. The molecule has 0 aliphatic heterocycles. The van der Waals surface area contributed by atoms with Gasteiger partial charge in [-0.05, 0) is 31.0 Å². The molecule has 112 valence electrons. The zero-order chi connectivity index (χ0) is 15.2. The lowest BCUT2D eigenvalue weighted by Gasteiger charge is -2.11. The van der Waals surface area contributed by atoms with Crippen LogP contribution in [0.2, 0.25) is 0 Å². The Labute approximate surface area is 134 Å². The normalized spacial score (nSPS) is 10.5. The van der Waals surface area contributed by atoms with E-state index in [-0.39, 0.29) is 0 Å². The number of aryl methyl sites for hydroxylation is 1. The van der Waals surface area contributed by atoms with E-state index in [0.717, 1.165) is 46.7 Å². The maximum atomic E-state index is 5.43. The van der Waals surface area contributed by atoms with Crippen molar-refractivity contribution in [2.24, 2.45) is 0 Å². The lowest BCUT2D eigenvalue weighted by Crippen LogP contribution is -2.05. The van der Waals surface area contributed by atoms with Crippen LogP contribution in [0.5, 0.6) is 5.75 Å². The largest absolute Gasteiger partial charge is 0.496 e. The van der Waals surface area contributed by atoms with E-state index in [1.165, 1.54) is 0 Å². The topological polar surface area (TPSA) is 47.0 Å². The van der Waals surface area contributed by atoms with E-state index in [9.17, 15) is 0 Å². The summed E-state index contributed by atoms with van der Waals surface area (Å²) in [5.41, 5.74) is 1.90. The number of anilines is 1. The van der Waals surface area contributed by atoms with E-state index >= 15 is 0 Å². The molecule has 0 aliphatic carbocycles. The standard InChI is InChI=1S/C16H20BrN3O/c1-4-8-18-15-10-12(5-2)19-16(20-15)13-9-11(17)6-7-14(13)21-3/h6-7,9-10H,4-5,8H2,1-3H3,(H,18,19,20). The average Bonchev–Trinajstić information content (AvgIpc) is 2.52. The van der Waals surface area contributed by atoms with Gasteiger partial charge in [0.15, 0.2) is 5.82 Å². The molecule has 1 heterocycles. The molecule has 1 aromatic carbocycles. The first kappa shape index (κ1) is 15.8. The Bertz CT molecular complexity index is 616. The number of nitrogens with zero attached hydrogens (tertiary/aromatic N) is 2. The van der Waals surface area contributed by atoms with E-state index in [4.69, 9.17) is 4.74 Å². The van der Waals surface area contributed by atoms with Gasteiger partial charge in [-0.15, -0.1) is 0 Å². The van der Waals surface area contributed by atoms with Crippen molar-refractivity contribution in [1.82, 2.24) is 9.97 Å². The maximum Gasteiger partial charge on any atom is 0.165 e. The Morgan fingerprint density at radius 3 is 2.67 bits per heavy atom. The quantitative estimate of drug-likeness (QED) is 0.844. The maximum absolute atomic E-state index is 5.43. The molecule has 0 amide bonds. The van der Waals surface area contributed by atoms with Crippen LogP contribution in [0.15, 0.2) is 28.7 Å². The van der Waals surface area contributed by atoms with E-state index in [2.05, 4.69) is 45.1 Å². The molecular weight excluding hydrogens is 330 g/mol. The fraction of sp³-hybridized carbons (Fsp3) is 0.375. The fourth-order valence-corrected chi connectivity index (χ4v) is 2.36. The number of hydrogen-bond acceptors (Lipinski definition) is 4. The molecule has 0 saturated heterocycles. The van der Waals surface area contributed by atoms with Crippen LogP contribution in [0.3, 0.4) is 0 Å². The van der Waals surface area contributed by atoms with E-state index in [0.29, 0.717) is 5.82 Å². The molecule has 4 nitrogen and oxygen atoms in total. The Hall–Kier alpha value is -1.62. The molecular formula is C16H20BrN3O. The number of rotatable bonds is 6. The third-order valence-electron chi connectivity index (χ3n) is 3.10. The predicted octanol–water partition coefficient (Wildman–Crippen LogP) is 4.30. The molecule has 0 aliphatic rings. The minimum absolute atomic E-state index is 0.686. The number of methoxy groups -OCH3 is 1. The molecule has 0 fully saturated rings. The number of ether oxygens (including phenoxy) is 1. The minimum Gasteiger partial charge on any atom is -0.496 e. The van der Waals surface area contributed by atoms with Gasteiger partial charge in [0, 0.05) is 22.8 Å². The fourth-order valence-electron chi connectivity index (χ4n) is 2.00. The Morgan fingerprint density at radius 1 is 1.19 bits per heavy atom. The lowest BCUT2D eigenvalue weighted by atomic mass is 10.1. The molecule has 1 N–H and O–H groups in total. The molecule has 0 unspecified atom stereocenters. The molecule has 1 aromatic heterocycles. The van der Waals surface area contributed by atoms with Gasteiger partial charge in [0.05, 0.1) is 12.7 Å². The number of aromatic nitrogens is 2. The van der Waals surface area contributed by atoms with Crippen molar-refractivity contribution < 1.29 is 4.74 Å².